The predicted molar refractivity (Wildman–Crippen MR) is 90.5 cm³/mol. The molecular formula is C18H37NO2. The molecule has 0 aliphatic heterocycles. The van der Waals surface area contributed by atoms with E-state index in [0.717, 1.165) is 44.8 Å². The number of rotatable bonds is 14. The zero-order valence-corrected chi connectivity index (χ0v) is 14.7. The first-order valence-corrected chi connectivity index (χ1v) is 8.90. The summed E-state index contributed by atoms with van der Waals surface area (Å²) < 4.78 is 5.50. The summed E-state index contributed by atoms with van der Waals surface area (Å²) in [5.74, 6) is 0.995. The average Bonchev–Trinajstić information content (AvgIpc) is 2.40. The van der Waals surface area contributed by atoms with Gasteiger partial charge in [-0.2, -0.15) is 0 Å². The topological polar surface area (TPSA) is 38.3 Å². The first kappa shape index (κ1) is 20.4. The van der Waals surface area contributed by atoms with E-state index in [1.165, 1.54) is 25.7 Å². The second kappa shape index (κ2) is 14.4. The molecule has 0 heterocycles. The lowest BCUT2D eigenvalue weighted by Gasteiger charge is -2.07. The molecule has 0 spiro atoms. The lowest BCUT2D eigenvalue weighted by molar-refractivity contribution is -0.121. The van der Waals surface area contributed by atoms with Crippen molar-refractivity contribution in [2.75, 3.05) is 13.2 Å². The Bertz CT molecular complexity index is 239. The molecule has 0 unspecified atom stereocenters. The summed E-state index contributed by atoms with van der Waals surface area (Å²) in [6, 6.07) is 0. The molecule has 0 fully saturated rings. The molecule has 3 heteroatoms. The average molecular weight is 299 g/mol. The van der Waals surface area contributed by atoms with Crippen molar-refractivity contribution < 1.29 is 9.53 Å². The van der Waals surface area contributed by atoms with E-state index in [4.69, 9.17) is 4.74 Å². The maximum atomic E-state index is 11.6. The maximum Gasteiger partial charge on any atom is 0.219 e. The second-order valence-electron chi connectivity index (χ2n) is 6.68. The third kappa shape index (κ3) is 17.4. The van der Waals surface area contributed by atoms with Gasteiger partial charge < -0.3 is 10.1 Å². The minimum absolute atomic E-state index is 0.225. The van der Waals surface area contributed by atoms with Gasteiger partial charge in [0.1, 0.15) is 0 Å². The molecule has 1 amide bonds. The largest absolute Gasteiger partial charge is 0.379 e. The smallest absolute Gasteiger partial charge is 0.219 e. The number of carbonyl (C=O) groups is 1. The van der Waals surface area contributed by atoms with Crippen molar-refractivity contribution >= 4 is 5.91 Å². The number of nitrogens with one attached hydrogen (secondary N) is 1. The van der Waals surface area contributed by atoms with Crippen LogP contribution in [0.15, 0.2) is 0 Å². The highest BCUT2D eigenvalue weighted by Crippen LogP contribution is 2.07. The quantitative estimate of drug-likeness (QED) is 0.472. The van der Waals surface area contributed by atoms with Crippen LogP contribution < -0.4 is 5.32 Å². The Morgan fingerprint density at radius 3 is 2.24 bits per heavy atom. The van der Waals surface area contributed by atoms with Gasteiger partial charge in [-0.15, -0.1) is 0 Å². The Morgan fingerprint density at radius 1 is 0.905 bits per heavy atom. The molecule has 0 saturated heterocycles. The van der Waals surface area contributed by atoms with Gasteiger partial charge in [0.05, 0.1) is 6.10 Å². The molecule has 21 heavy (non-hydrogen) atoms. The van der Waals surface area contributed by atoms with Crippen molar-refractivity contribution in [1.82, 2.24) is 5.32 Å². The molecule has 0 atom stereocenters. The highest BCUT2D eigenvalue weighted by molar-refractivity contribution is 5.75. The summed E-state index contributed by atoms with van der Waals surface area (Å²) in [4.78, 5) is 11.6. The number of ether oxygens (including phenoxy) is 1. The van der Waals surface area contributed by atoms with Gasteiger partial charge in [-0.05, 0) is 39.0 Å². The predicted octanol–water partition coefficient (Wildman–Crippen LogP) is 4.69. The molecular weight excluding hydrogens is 262 g/mol. The number of hydrogen-bond acceptors (Lipinski definition) is 2. The van der Waals surface area contributed by atoms with Gasteiger partial charge in [0.15, 0.2) is 0 Å². The molecule has 0 rings (SSSR count). The van der Waals surface area contributed by atoms with E-state index in [1.54, 1.807) is 0 Å². The van der Waals surface area contributed by atoms with E-state index < -0.39 is 0 Å². The number of hydrogen-bond donors (Lipinski definition) is 1. The highest BCUT2D eigenvalue weighted by atomic mass is 16.5. The minimum atomic E-state index is 0.225. The number of unbranched alkanes of at least 4 members (excludes halogenated alkanes) is 5. The minimum Gasteiger partial charge on any atom is -0.379 e. The Hall–Kier alpha value is -0.570. The van der Waals surface area contributed by atoms with Crippen molar-refractivity contribution in [3.63, 3.8) is 0 Å². The Kier molecular flexibility index (Phi) is 14.0. The lowest BCUT2D eigenvalue weighted by atomic mass is 10.1. The molecule has 0 aliphatic rings. The Morgan fingerprint density at radius 2 is 1.57 bits per heavy atom. The van der Waals surface area contributed by atoms with Crippen LogP contribution >= 0.6 is 0 Å². The summed E-state index contributed by atoms with van der Waals surface area (Å²) >= 11 is 0. The van der Waals surface area contributed by atoms with Crippen LogP contribution in [0.25, 0.3) is 0 Å². The molecule has 0 saturated carbocycles. The second-order valence-corrected chi connectivity index (χ2v) is 6.68. The van der Waals surface area contributed by atoms with E-state index in [9.17, 15) is 4.79 Å². The standard InChI is InChI=1S/C18H37NO2/c1-16(2)12-9-10-14-19-18(20)13-8-6-5-7-11-15-21-17(3)4/h16-17H,5-15H2,1-4H3,(H,19,20). The van der Waals surface area contributed by atoms with Gasteiger partial charge >= 0.3 is 0 Å². The summed E-state index contributed by atoms with van der Waals surface area (Å²) in [5.41, 5.74) is 0. The van der Waals surface area contributed by atoms with Crippen molar-refractivity contribution in [2.24, 2.45) is 5.92 Å². The van der Waals surface area contributed by atoms with Crippen LogP contribution in [0.3, 0.4) is 0 Å². The number of carbonyl (C=O) groups excluding carboxylic acids is 1. The number of amides is 1. The molecule has 0 aromatic heterocycles. The van der Waals surface area contributed by atoms with Gasteiger partial charge in [-0.3, -0.25) is 4.79 Å². The molecule has 0 radical (unpaired) electrons. The van der Waals surface area contributed by atoms with E-state index in [1.807, 2.05) is 0 Å². The molecule has 0 bridgehead atoms. The fourth-order valence-electron chi connectivity index (χ4n) is 2.23. The monoisotopic (exact) mass is 299 g/mol. The summed E-state index contributed by atoms with van der Waals surface area (Å²) in [6.45, 7) is 10.3. The van der Waals surface area contributed by atoms with Crippen molar-refractivity contribution in [3.8, 4) is 0 Å². The summed E-state index contributed by atoms with van der Waals surface area (Å²) in [6.07, 6.45) is 10.4. The SMILES string of the molecule is CC(C)CCCCNC(=O)CCCCCCCOC(C)C. The summed E-state index contributed by atoms with van der Waals surface area (Å²) in [7, 11) is 0. The fourth-order valence-corrected chi connectivity index (χ4v) is 2.23. The molecule has 0 aliphatic carbocycles. The first-order chi connectivity index (χ1) is 10.0. The maximum absolute atomic E-state index is 11.6. The van der Waals surface area contributed by atoms with Crippen LogP contribution in [-0.4, -0.2) is 25.2 Å². The molecule has 0 aromatic rings. The van der Waals surface area contributed by atoms with Crippen molar-refractivity contribution in [3.05, 3.63) is 0 Å². The Balaban J connectivity index is 3.19. The first-order valence-electron chi connectivity index (χ1n) is 8.90. The van der Waals surface area contributed by atoms with Gasteiger partial charge in [0.2, 0.25) is 5.91 Å². The van der Waals surface area contributed by atoms with E-state index in [2.05, 4.69) is 33.0 Å². The van der Waals surface area contributed by atoms with E-state index in [-0.39, 0.29) is 5.91 Å². The van der Waals surface area contributed by atoms with Gasteiger partial charge in [-0.1, -0.05) is 46.0 Å². The van der Waals surface area contributed by atoms with Crippen LogP contribution in [0.5, 0.6) is 0 Å². The molecule has 0 aromatic carbocycles. The van der Waals surface area contributed by atoms with Gasteiger partial charge in [-0.25, -0.2) is 0 Å². The zero-order chi connectivity index (χ0) is 15.9. The van der Waals surface area contributed by atoms with Crippen LogP contribution in [-0.2, 0) is 9.53 Å². The lowest BCUT2D eigenvalue weighted by Crippen LogP contribution is -2.24. The van der Waals surface area contributed by atoms with Gasteiger partial charge in [0.25, 0.3) is 0 Å². The van der Waals surface area contributed by atoms with Gasteiger partial charge in [0, 0.05) is 19.6 Å². The van der Waals surface area contributed by atoms with Crippen LogP contribution in [0.1, 0.15) is 85.5 Å². The molecule has 1 N–H and O–H groups in total. The molecule has 3 nitrogen and oxygen atoms in total. The normalized spacial score (nSPS) is 11.3. The summed E-state index contributed by atoms with van der Waals surface area (Å²) in [5, 5.41) is 3.02. The highest BCUT2D eigenvalue weighted by Gasteiger charge is 2.01. The van der Waals surface area contributed by atoms with Crippen molar-refractivity contribution in [2.45, 2.75) is 91.6 Å². The fraction of sp³-hybridized carbons (Fsp3) is 0.944. The third-order valence-corrected chi connectivity index (χ3v) is 3.53. The van der Waals surface area contributed by atoms with Crippen LogP contribution in [0, 0.1) is 5.92 Å². The van der Waals surface area contributed by atoms with Crippen LogP contribution in [0.2, 0.25) is 0 Å². The van der Waals surface area contributed by atoms with E-state index >= 15 is 0 Å². The van der Waals surface area contributed by atoms with E-state index in [0.29, 0.717) is 12.5 Å². The zero-order valence-electron chi connectivity index (χ0n) is 14.7. The third-order valence-electron chi connectivity index (χ3n) is 3.53. The molecule has 126 valence electrons. The van der Waals surface area contributed by atoms with Crippen molar-refractivity contribution in [1.29, 1.82) is 0 Å². The van der Waals surface area contributed by atoms with Crippen LogP contribution in [0.4, 0.5) is 0 Å². The Labute approximate surface area is 132 Å².